The minimum absolute atomic E-state index is 0.223. The van der Waals surface area contributed by atoms with Crippen LogP contribution in [0.5, 0.6) is 0 Å². The molecule has 0 bridgehead atoms. The summed E-state index contributed by atoms with van der Waals surface area (Å²) in [6.45, 7) is 4.05. The number of cyclic esters (lactones) is 1. The molecule has 3 heteroatoms. The topological polar surface area (TPSA) is 26.3 Å². The summed E-state index contributed by atoms with van der Waals surface area (Å²) >= 11 is 1.68. The maximum absolute atomic E-state index is 11.4. The van der Waals surface area contributed by atoms with Crippen LogP contribution in [0, 0.1) is 0 Å². The molecule has 0 amide bonds. The second-order valence-corrected chi connectivity index (χ2v) is 5.62. The van der Waals surface area contributed by atoms with Gasteiger partial charge in [-0.05, 0) is 23.8 Å². The highest BCUT2D eigenvalue weighted by Gasteiger charge is 2.41. The van der Waals surface area contributed by atoms with Crippen molar-refractivity contribution in [1.29, 1.82) is 0 Å². The molecule has 0 fully saturated rings. The number of thioether (sulfide) groups is 1. The molecule has 1 aliphatic heterocycles. The van der Waals surface area contributed by atoms with Crippen molar-refractivity contribution in [2.24, 2.45) is 0 Å². The smallest absolute Gasteiger partial charge is 0.332 e. The molecule has 1 unspecified atom stereocenters. The maximum Gasteiger partial charge on any atom is 0.332 e. The summed E-state index contributed by atoms with van der Waals surface area (Å²) < 4.78 is 5.54. The summed E-state index contributed by atoms with van der Waals surface area (Å²) in [6.07, 6.45) is 2.34. The van der Waals surface area contributed by atoms with E-state index in [1.54, 1.807) is 17.8 Å². The Balaban J connectivity index is 2.25. The quantitative estimate of drug-likeness (QED) is 0.765. The molecule has 1 aromatic rings. The monoisotopic (exact) mass is 248 g/mol. The number of carbonyl (C=O) groups is 1. The largest absolute Gasteiger partial charge is 0.440 e. The molecule has 1 aromatic carbocycles. The molecule has 1 aliphatic rings. The van der Waals surface area contributed by atoms with E-state index in [0.717, 1.165) is 17.7 Å². The fraction of sp³-hybridized carbons (Fsp3) is 0.357. The van der Waals surface area contributed by atoms with E-state index in [1.807, 2.05) is 25.1 Å². The van der Waals surface area contributed by atoms with Gasteiger partial charge in [0.15, 0.2) is 4.93 Å². The lowest BCUT2D eigenvalue weighted by Crippen LogP contribution is -2.30. The van der Waals surface area contributed by atoms with Gasteiger partial charge in [0.2, 0.25) is 0 Å². The molecule has 0 saturated heterocycles. The van der Waals surface area contributed by atoms with Gasteiger partial charge in [-0.3, -0.25) is 0 Å². The number of ether oxygens (including phenoxy) is 1. The molecule has 17 heavy (non-hydrogen) atoms. The average Bonchev–Trinajstić information content (AvgIpc) is 2.55. The molecule has 90 valence electrons. The molecule has 0 aliphatic carbocycles. The molecular formula is C14H16O2S. The SMILES string of the molecule is CCSC1(Cc2ccccc2)OC(=O)C=C1C. The summed E-state index contributed by atoms with van der Waals surface area (Å²) in [5.41, 5.74) is 2.20. The highest BCUT2D eigenvalue weighted by Crippen LogP contribution is 2.41. The van der Waals surface area contributed by atoms with Crippen molar-refractivity contribution in [2.45, 2.75) is 25.2 Å². The van der Waals surface area contributed by atoms with E-state index in [-0.39, 0.29) is 5.97 Å². The third-order valence-electron chi connectivity index (χ3n) is 2.86. The van der Waals surface area contributed by atoms with Gasteiger partial charge in [0.25, 0.3) is 0 Å². The van der Waals surface area contributed by atoms with Crippen LogP contribution in [-0.2, 0) is 16.0 Å². The zero-order valence-electron chi connectivity index (χ0n) is 10.1. The molecular weight excluding hydrogens is 232 g/mol. The molecule has 2 rings (SSSR count). The molecule has 0 spiro atoms. The Hall–Kier alpha value is -1.22. The molecule has 0 saturated carbocycles. The van der Waals surface area contributed by atoms with Crippen molar-refractivity contribution in [3.63, 3.8) is 0 Å². The van der Waals surface area contributed by atoms with Gasteiger partial charge < -0.3 is 4.74 Å². The summed E-state index contributed by atoms with van der Waals surface area (Å²) in [6, 6.07) is 10.1. The molecule has 1 atom stereocenters. The number of esters is 1. The second-order valence-electron chi connectivity index (χ2n) is 4.10. The van der Waals surface area contributed by atoms with Gasteiger partial charge in [-0.2, -0.15) is 0 Å². The van der Waals surface area contributed by atoms with Crippen molar-refractivity contribution in [1.82, 2.24) is 0 Å². The predicted octanol–water partition coefficient (Wildman–Crippen LogP) is 3.18. The van der Waals surface area contributed by atoms with Crippen LogP contribution < -0.4 is 0 Å². The van der Waals surface area contributed by atoms with Crippen molar-refractivity contribution in [2.75, 3.05) is 5.75 Å². The molecule has 1 heterocycles. The molecule has 0 N–H and O–H groups in total. The lowest BCUT2D eigenvalue weighted by atomic mass is 10.0. The fourth-order valence-corrected chi connectivity index (χ4v) is 3.19. The van der Waals surface area contributed by atoms with Crippen LogP contribution in [-0.4, -0.2) is 16.7 Å². The minimum atomic E-state index is -0.493. The van der Waals surface area contributed by atoms with E-state index >= 15 is 0 Å². The zero-order valence-corrected chi connectivity index (χ0v) is 10.9. The number of carbonyl (C=O) groups excluding carboxylic acids is 1. The number of hydrogen-bond donors (Lipinski definition) is 0. The Kier molecular flexibility index (Phi) is 3.57. The van der Waals surface area contributed by atoms with Crippen molar-refractivity contribution >= 4 is 17.7 Å². The lowest BCUT2D eigenvalue weighted by Gasteiger charge is -2.29. The van der Waals surface area contributed by atoms with Gasteiger partial charge in [0.1, 0.15) is 0 Å². The first kappa shape index (κ1) is 12.2. The predicted molar refractivity (Wildman–Crippen MR) is 70.9 cm³/mol. The van der Waals surface area contributed by atoms with Crippen LogP contribution in [0.2, 0.25) is 0 Å². The maximum atomic E-state index is 11.4. The lowest BCUT2D eigenvalue weighted by molar-refractivity contribution is -0.140. The van der Waals surface area contributed by atoms with Crippen LogP contribution in [0.25, 0.3) is 0 Å². The first-order valence-electron chi connectivity index (χ1n) is 5.76. The second kappa shape index (κ2) is 4.96. The standard InChI is InChI=1S/C14H16O2S/c1-3-17-14(11(2)9-13(15)16-14)10-12-7-5-4-6-8-12/h4-9H,3,10H2,1-2H3. The van der Waals surface area contributed by atoms with Crippen molar-refractivity contribution in [3.05, 3.63) is 47.5 Å². The van der Waals surface area contributed by atoms with Gasteiger partial charge >= 0.3 is 5.97 Å². The Bertz CT molecular complexity index is 439. The fourth-order valence-electron chi connectivity index (χ4n) is 2.03. The highest BCUT2D eigenvalue weighted by atomic mass is 32.2. The Labute approximate surface area is 106 Å². The first-order chi connectivity index (χ1) is 8.16. The molecule has 0 aromatic heterocycles. The summed E-state index contributed by atoms with van der Waals surface area (Å²) in [7, 11) is 0. The van der Waals surface area contributed by atoms with E-state index in [1.165, 1.54) is 5.56 Å². The molecule has 2 nitrogen and oxygen atoms in total. The van der Waals surface area contributed by atoms with E-state index < -0.39 is 4.93 Å². The van der Waals surface area contributed by atoms with E-state index in [0.29, 0.717) is 0 Å². The van der Waals surface area contributed by atoms with Crippen LogP contribution >= 0.6 is 11.8 Å². The number of benzene rings is 1. The first-order valence-corrected chi connectivity index (χ1v) is 6.74. The van der Waals surface area contributed by atoms with Crippen LogP contribution in [0.4, 0.5) is 0 Å². The average molecular weight is 248 g/mol. The summed E-state index contributed by atoms with van der Waals surface area (Å²) in [5, 5.41) is 0. The zero-order chi connectivity index (χ0) is 12.3. The molecule has 0 radical (unpaired) electrons. The van der Waals surface area contributed by atoms with Crippen molar-refractivity contribution in [3.8, 4) is 0 Å². The van der Waals surface area contributed by atoms with Gasteiger partial charge in [0.05, 0.1) is 0 Å². The minimum Gasteiger partial charge on any atom is -0.440 e. The third kappa shape index (κ3) is 2.55. The van der Waals surface area contributed by atoms with Gasteiger partial charge in [0, 0.05) is 12.5 Å². The van der Waals surface area contributed by atoms with Crippen molar-refractivity contribution < 1.29 is 9.53 Å². The normalized spacial score (nSPS) is 23.4. The Morgan fingerprint density at radius 3 is 2.53 bits per heavy atom. The van der Waals surface area contributed by atoms with Gasteiger partial charge in [-0.1, -0.05) is 37.3 Å². The Morgan fingerprint density at radius 2 is 2.00 bits per heavy atom. The van der Waals surface area contributed by atoms with E-state index in [2.05, 4.69) is 19.1 Å². The van der Waals surface area contributed by atoms with Crippen LogP contribution in [0.1, 0.15) is 19.4 Å². The van der Waals surface area contributed by atoms with Crippen LogP contribution in [0.15, 0.2) is 42.0 Å². The summed E-state index contributed by atoms with van der Waals surface area (Å²) in [4.78, 5) is 10.9. The van der Waals surface area contributed by atoms with Gasteiger partial charge in [-0.25, -0.2) is 4.79 Å². The van der Waals surface area contributed by atoms with Crippen LogP contribution in [0.3, 0.4) is 0 Å². The number of rotatable bonds is 4. The summed E-state index contributed by atoms with van der Waals surface area (Å²) in [5.74, 6) is 0.699. The Morgan fingerprint density at radius 1 is 1.29 bits per heavy atom. The third-order valence-corrected chi connectivity index (χ3v) is 4.16. The highest BCUT2D eigenvalue weighted by molar-refractivity contribution is 8.00. The van der Waals surface area contributed by atoms with E-state index in [4.69, 9.17) is 4.74 Å². The van der Waals surface area contributed by atoms with E-state index in [9.17, 15) is 4.79 Å². The van der Waals surface area contributed by atoms with Gasteiger partial charge in [-0.15, -0.1) is 11.8 Å². The number of hydrogen-bond acceptors (Lipinski definition) is 3.